The molecule has 0 N–H and O–H groups in total. The van der Waals surface area contributed by atoms with Crippen molar-refractivity contribution in [3.05, 3.63) is 122 Å². The van der Waals surface area contributed by atoms with E-state index in [1.807, 2.05) is 0 Å². The van der Waals surface area contributed by atoms with Gasteiger partial charge < -0.3 is 14.2 Å². The molecule has 0 saturated heterocycles. The summed E-state index contributed by atoms with van der Waals surface area (Å²) in [5.41, 5.74) is 0. The Bertz CT molecular complexity index is 1550. The van der Waals surface area contributed by atoms with Crippen molar-refractivity contribution >= 4 is 17.9 Å². The van der Waals surface area contributed by atoms with Gasteiger partial charge in [-0.2, -0.15) is 0 Å². The zero-order valence-electron chi connectivity index (χ0n) is 48.1. The third-order valence-corrected chi connectivity index (χ3v) is 12.7. The van der Waals surface area contributed by atoms with Crippen molar-refractivity contribution in [3.8, 4) is 0 Å². The van der Waals surface area contributed by atoms with Crippen LogP contribution in [0.15, 0.2) is 122 Å². The van der Waals surface area contributed by atoms with Crippen LogP contribution < -0.4 is 0 Å². The van der Waals surface area contributed by atoms with E-state index >= 15 is 0 Å². The summed E-state index contributed by atoms with van der Waals surface area (Å²) in [7, 11) is 0. The molecule has 74 heavy (non-hydrogen) atoms. The number of carbonyl (C=O) groups excluding carboxylic acids is 3. The Morgan fingerprint density at radius 2 is 0.527 bits per heavy atom. The zero-order valence-corrected chi connectivity index (χ0v) is 48.1. The largest absolute Gasteiger partial charge is 0.462 e. The van der Waals surface area contributed by atoms with Gasteiger partial charge in [-0.15, -0.1) is 0 Å². The molecule has 0 aromatic carbocycles. The Hall–Kier alpha value is -4.19. The third kappa shape index (κ3) is 58.7. The SMILES string of the molecule is CC/C=C\C/C=C\C/C=C\C/C=C\C/C=C\C/C=C\C/C=C\C/C=C\C/C=C\C/C=C\CCCCC(=O)OCC(COC(=O)CCCCCCCCC)OC(=O)CCCCCCCCCCCCCCCCCC. The number of hydrogen-bond acceptors (Lipinski definition) is 6. The fourth-order valence-electron chi connectivity index (χ4n) is 8.18. The molecule has 0 aliphatic rings. The predicted octanol–water partition coefficient (Wildman–Crippen LogP) is 20.8. The Labute approximate surface area is 456 Å². The summed E-state index contributed by atoms with van der Waals surface area (Å²) in [6.07, 6.45) is 85.1. The van der Waals surface area contributed by atoms with Crippen LogP contribution in [0.4, 0.5) is 0 Å². The van der Waals surface area contributed by atoms with Crippen LogP contribution in [0.3, 0.4) is 0 Å². The van der Waals surface area contributed by atoms with Crippen LogP contribution in [0, 0.1) is 0 Å². The van der Waals surface area contributed by atoms with Crippen LogP contribution in [0.1, 0.15) is 271 Å². The van der Waals surface area contributed by atoms with Gasteiger partial charge in [0.15, 0.2) is 6.10 Å². The molecular formula is C68H112O6. The van der Waals surface area contributed by atoms with E-state index in [1.165, 1.54) is 109 Å². The number of allylic oxidation sites excluding steroid dienone is 20. The quantitative estimate of drug-likeness (QED) is 0.0261. The van der Waals surface area contributed by atoms with E-state index in [0.717, 1.165) is 122 Å². The molecule has 0 aromatic heterocycles. The molecule has 0 fully saturated rings. The minimum absolute atomic E-state index is 0.0908. The maximum atomic E-state index is 12.8. The first-order valence-corrected chi connectivity index (χ1v) is 30.5. The van der Waals surface area contributed by atoms with E-state index in [0.29, 0.717) is 19.3 Å². The number of carbonyl (C=O) groups is 3. The second-order valence-electron chi connectivity index (χ2n) is 19.9. The fourth-order valence-corrected chi connectivity index (χ4v) is 8.18. The van der Waals surface area contributed by atoms with E-state index < -0.39 is 6.10 Å². The van der Waals surface area contributed by atoms with Crippen LogP contribution in [0.5, 0.6) is 0 Å². The molecule has 0 spiro atoms. The van der Waals surface area contributed by atoms with Gasteiger partial charge in [0.05, 0.1) is 0 Å². The molecule has 0 amide bonds. The third-order valence-electron chi connectivity index (χ3n) is 12.7. The van der Waals surface area contributed by atoms with E-state index in [1.54, 1.807) is 0 Å². The normalized spacial score (nSPS) is 13.0. The molecule has 0 aliphatic heterocycles. The molecule has 1 unspecified atom stereocenters. The monoisotopic (exact) mass is 1020 g/mol. The Kier molecular flexibility index (Phi) is 57.9. The highest BCUT2D eigenvalue weighted by molar-refractivity contribution is 5.71. The van der Waals surface area contributed by atoms with Crippen LogP contribution in [0.25, 0.3) is 0 Å². The lowest BCUT2D eigenvalue weighted by Gasteiger charge is -2.18. The second kappa shape index (κ2) is 61.4. The van der Waals surface area contributed by atoms with Gasteiger partial charge in [-0.1, -0.05) is 277 Å². The molecule has 0 heterocycles. The lowest BCUT2D eigenvalue weighted by Crippen LogP contribution is -2.30. The van der Waals surface area contributed by atoms with Crippen molar-refractivity contribution in [2.24, 2.45) is 0 Å². The van der Waals surface area contributed by atoms with Crippen LogP contribution in [0.2, 0.25) is 0 Å². The Morgan fingerprint density at radius 1 is 0.284 bits per heavy atom. The number of rotatable bonds is 54. The van der Waals surface area contributed by atoms with Gasteiger partial charge in [-0.3, -0.25) is 14.4 Å². The lowest BCUT2D eigenvalue weighted by molar-refractivity contribution is -0.167. The van der Waals surface area contributed by atoms with E-state index in [2.05, 4.69) is 142 Å². The van der Waals surface area contributed by atoms with Crippen LogP contribution >= 0.6 is 0 Å². The molecule has 1 atom stereocenters. The zero-order chi connectivity index (χ0) is 53.6. The summed E-state index contributed by atoms with van der Waals surface area (Å²) >= 11 is 0. The fraction of sp³-hybridized carbons (Fsp3) is 0.662. The summed E-state index contributed by atoms with van der Waals surface area (Å²) in [4.78, 5) is 38.0. The van der Waals surface area contributed by atoms with Gasteiger partial charge >= 0.3 is 17.9 Å². The summed E-state index contributed by atoms with van der Waals surface area (Å²) < 4.78 is 16.8. The van der Waals surface area contributed by atoms with Crippen molar-refractivity contribution in [2.45, 2.75) is 277 Å². The number of ether oxygens (including phenoxy) is 3. The minimum atomic E-state index is -0.793. The van der Waals surface area contributed by atoms with E-state index in [9.17, 15) is 14.4 Å². The smallest absolute Gasteiger partial charge is 0.306 e. The van der Waals surface area contributed by atoms with Crippen molar-refractivity contribution in [1.82, 2.24) is 0 Å². The molecule has 420 valence electrons. The molecule has 0 aliphatic carbocycles. The summed E-state index contributed by atoms with van der Waals surface area (Å²) in [6, 6.07) is 0. The summed E-state index contributed by atoms with van der Waals surface area (Å²) in [5, 5.41) is 0. The van der Waals surface area contributed by atoms with E-state index in [4.69, 9.17) is 14.2 Å². The predicted molar refractivity (Wildman–Crippen MR) is 320 cm³/mol. The molecule has 0 saturated carbocycles. The lowest BCUT2D eigenvalue weighted by atomic mass is 10.0. The number of unbranched alkanes of at least 4 members (excludes halogenated alkanes) is 23. The molecule has 0 rings (SSSR count). The molecule has 0 bridgehead atoms. The molecule has 0 radical (unpaired) electrons. The topological polar surface area (TPSA) is 78.9 Å². The Morgan fingerprint density at radius 3 is 0.824 bits per heavy atom. The van der Waals surface area contributed by atoms with Gasteiger partial charge in [-0.25, -0.2) is 0 Å². The van der Waals surface area contributed by atoms with Crippen LogP contribution in [-0.2, 0) is 28.6 Å². The summed E-state index contributed by atoms with van der Waals surface area (Å²) in [6.45, 7) is 6.45. The van der Waals surface area contributed by atoms with Crippen molar-refractivity contribution in [2.75, 3.05) is 13.2 Å². The van der Waals surface area contributed by atoms with Gasteiger partial charge in [-0.05, 0) is 96.3 Å². The van der Waals surface area contributed by atoms with Crippen molar-refractivity contribution in [1.29, 1.82) is 0 Å². The average Bonchev–Trinajstić information content (AvgIpc) is 3.40. The van der Waals surface area contributed by atoms with Crippen molar-refractivity contribution < 1.29 is 28.6 Å². The highest BCUT2D eigenvalue weighted by Crippen LogP contribution is 2.15. The summed E-state index contributed by atoms with van der Waals surface area (Å²) in [5.74, 6) is -0.941. The first-order chi connectivity index (χ1) is 36.5. The van der Waals surface area contributed by atoms with Gasteiger partial charge in [0.2, 0.25) is 0 Å². The van der Waals surface area contributed by atoms with E-state index in [-0.39, 0.29) is 31.1 Å². The van der Waals surface area contributed by atoms with Gasteiger partial charge in [0, 0.05) is 19.3 Å². The Balaban J connectivity index is 4.24. The molecule has 6 nitrogen and oxygen atoms in total. The highest BCUT2D eigenvalue weighted by Gasteiger charge is 2.19. The molecule has 6 heteroatoms. The molecule has 0 aromatic rings. The first-order valence-electron chi connectivity index (χ1n) is 30.5. The minimum Gasteiger partial charge on any atom is -0.462 e. The van der Waals surface area contributed by atoms with Crippen molar-refractivity contribution in [3.63, 3.8) is 0 Å². The number of hydrogen-bond donors (Lipinski definition) is 0. The maximum Gasteiger partial charge on any atom is 0.306 e. The maximum absolute atomic E-state index is 12.8. The van der Waals surface area contributed by atoms with Gasteiger partial charge in [0.25, 0.3) is 0 Å². The first kappa shape index (κ1) is 69.8. The van der Waals surface area contributed by atoms with Gasteiger partial charge in [0.1, 0.15) is 13.2 Å². The highest BCUT2D eigenvalue weighted by atomic mass is 16.6. The second-order valence-corrected chi connectivity index (χ2v) is 19.9. The van der Waals surface area contributed by atoms with Crippen LogP contribution in [-0.4, -0.2) is 37.2 Å². The molecular weight excluding hydrogens is 913 g/mol. The number of esters is 3. The average molecular weight is 1030 g/mol. The standard InChI is InChI=1S/C68H112O6/c1-4-7-10-13-16-18-20-22-24-26-27-28-29-30-31-32-33-34-35-36-37-38-39-40-41-42-44-45-47-49-52-55-58-61-67(70)73-64-65(63-72-66(69)60-57-54-51-15-12-9-6-3)74-68(71)62-59-56-53-50-48-46-43-25-23-21-19-17-14-11-8-5-2/h7,10,16,18,22,24,27-28,30-31,33-34,36-37,39-40,42,44,47,49,65H,4-6,8-9,11-15,17,19-21,23,25-26,29,32,35,38,41,43,45-46,48,50-64H2,1-3H3/b10-7-,18-16-,24-22-,28-27-,31-30-,34-33-,37-36-,40-39-,44-42-,49-47-.